The van der Waals surface area contributed by atoms with E-state index in [1.165, 1.54) is 0 Å². The number of rotatable bonds is 8. The molecule has 3 unspecified atom stereocenters. The summed E-state index contributed by atoms with van der Waals surface area (Å²) in [6, 6.07) is 17.1. The van der Waals surface area contributed by atoms with Crippen molar-refractivity contribution in [3.8, 4) is 0 Å². The van der Waals surface area contributed by atoms with Crippen molar-refractivity contribution in [1.82, 2.24) is 20.2 Å². The Morgan fingerprint density at radius 2 is 1.67 bits per heavy atom. The van der Waals surface area contributed by atoms with Crippen molar-refractivity contribution in [2.75, 3.05) is 49.5 Å². The van der Waals surface area contributed by atoms with E-state index in [-0.39, 0.29) is 24.8 Å². The van der Waals surface area contributed by atoms with Gasteiger partial charge in [-0.2, -0.15) is 0 Å². The van der Waals surface area contributed by atoms with E-state index in [9.17, 15) is 9.90 Å². The minimum atomic E-state index is -0.538. The lowest BCUT2D eigenvalue weighted by molar-refractivity contribution is -0.253. The SMILES string of the molecule is CCNC(=O)Nc1ccc(C2OC(CN3CCN(c4ncccn4)CC3)CC(c3ccc(CO)cc3)O2)cc1. The molecule has 10 nitrogen and oxygen atoms in total. The highest BCUT2D eigenvalue weighted by atomic mass is 16.7. The lowest BCUT2D eigenvalue weighted by atomic mass is 9.99. The Morgan fingerprint density at radius 3 is 2.33 bits per heavy atom. The third-order valence-corrected chi connectivity index (χ3v) is 7.06. The van der Waals surface area contributed by atoms with Gasteiger partial charge in [0.2, 0.25) is 5.95 Å². The molecule has 2 fully saturated rings. The van der Waals surface area contributed by atoms with Crippen molar-refractivity contribution in [1.29, 1.82) is 0 Å². The van der Waals surface area contributed by atoms with Crippen LogP contribution in [0.3, 0.4) is 0 Å². The van der Waals surface area contributed by atoms with Gasteiger partial charge in [-0.1, -0.05) is 36.4 Å². The molecule has 2 aliphatic heterocycles. The summed E-state index contributed by atoms with van der Waals surface area (Å²) in [6.07, 6.45) is 3.57. The quantitative estimate of drug-likeness (QED) is 0.404. The predicted octanol–water partition coefficient (Wildman–Crippen LogP) is 3.48. The molecule has 0 spiro atoms. The number of benzene rings is 2. The van der Waals surface area contributed by atoms with Crippen molar-refractivity contribution in [3.05, 3.63) is 83.7 Å². The molecule has 3 aromatic rings. The highest BCUT2D eigenvalue weighted by molar-refractivity contribution is 5.89. The Labute approximate surface area is 229 Å². The number of urea groups is 1. The second-order valence-electron chi connectivity index (χ2n) is 9.79. The third kappa shape index (κ3) is 7.10. The molecule has 3 N–H and O–H groups in total. The second kappa shape index (κ2) is 13.0. The highest BCUT2D eigenvalue weighted by Crippen LogP contribution is 2.38. The largest absolute Gasteiger partial charge is 0.392 e. The Morgan fingerprint density at radius 1 is 0.974 bits per heavy atom. The molecule has 3 heterocycles. The average molecular weight is 533 g/mol. The van der Waals surface area contributed by atoms with E-state index in [2.05, 4.69) is 30.4 Å². The zero-order chi connectivity index (χ0) is 27.0. The molecular formula is C29H36N6O4. The number of piperazine rings is 1. The number of nitrogens with zero attached hydrogens (tertiary/aromatic N) is 4. The number of hydrogen-bond donors (Lipinski definition) is 3. The number of nitrogens with one attached hydrogen (secondary N) is 2. The van der Waals surface area contributed by atoms with Gasteiger partial charge in [0.05, 0.1) is 18.8 Å². The molecule has 5 rings (SSSR count). The van der Waals surface area contributed by atoms with Gasteiger partial charge in [-0.3, -0.25) is 4.90 Å². The number of amides is 2. The topological polar surface area (TPSA) is 112 Å². The summed E-state index contributed by atoms with van der Waals surface area (Å²) in [7, 11) is 0. The zero-order valence-corrected chi connectivity index (χ0v) is 22.2. The molecule has 10 heteroatoms. The first-order valence-electron chi connectivity index (χ1n) is 13.5. The molecule has 2 amide bonds. The molecule has 2 aliphatic rings. The number of anilines is 2. The smallest absolute Gasteiger partial charge is 0.319 e. The Balaban J connectivity index is 1.27. The van der Waals surface area contributed by atoms with E-state index in [1.54, 1.807) is 12.4 Å². The van der Waals surface area contributed by atoms with Gasteiger partial charge in [0.25, 0.3) is 0 Å². The van der Waals surface area contributed by atoms with Crippen molar-refractivity contribution in [2.24, 2.45) is 0 Å². The van der Waals surface area contributed by atoms with E-state index < -0.39 is 6.29 Å². The fourth-order valence-corrected chi connectivity index (χ4v) is 4.97. The van der Waals surface area contributed by atoms with Crippen LogP contribution in [-0.4, -0.2) is 71.4 Å². The van der Waals surface area contributed by atoms with Crippen LogP contribution in [0, 0.1) is 0 Å². The molecule has 1 aromatic heterocycles. The van der Waals surface area contributed by atoms with Gasteiger partial charge in [-0.15, -0.1) is 0 Å². The Hall–Kier alpha value is -3.57. The van der Waals surface area contributed by atoms with Crippen LogP contribution in [0.25, 0.3) is 0 Å². The average Bonchev–Trinajstić information content (AvgIpc) is 2.98. The number of hydrogen-bond acceptors (Lipinski definition) is 8. The summed E-state index contributed by atoms with van der Waals surface area (Å²) in [4.78, 5) is 25.3. The number of aliphatic hydroxyl groups excluding tert-OH is 1. The number of carbonyl (C=O) groups excluding carboxylic acids is 1. The van der Waals surface area contributed by atoms with Gasteiger partial charge >= 0.3 is 6.03 Å². The fraction of sp³-hybridized carbons (Fsp3) is 0.414. The number of ether oxygens (including phenoxy) is 2. The summed E-state index contributed by atoms with van der Waals surface area (Å²) in [5, 5.41) is 15.0. The summed E-state index contributed by atoms with van der Waals surface area (Å²) in [5.74, 6) is 0.774. The van der Waals surface area contributed by atoms with Crippen LogP contribution in [0.1, 0.15) is 42.4 Å². The molecule has 2 saturated heterocycles. The number of aliphatic hydroxyl groups is 1. The maximum absolute atomic E-state index is 11.9. The van der Waals surface area contributed by atoms with Crippen LogP contribution in [-0.2, 0) is 16.1 Å². The molecule has 0 aliphatic carbocycles. The van der Waals surface area contributed by atoms with Gasteiger partial charge in [0.15, 0.2) is 6.29 Å². The van der Waals surface area contributed by atoms with Crippen LogP contribution in [0.2, 0.25) is 0 Å². The number of carbonyl (C=O) groups is 1. The minimum absolute atomic E-state index is 0.0107. The molecule has 0 radical (unpaired) electrons. The number of aromatic nitrogens is 2. The Kier molecular flexibility index (Phi) is 9.00. The van der Waals surface area contributed by atoms with Crippen molar-refractivity contribution >= 4 is 17.7 Å². The summed E-state index contributed by atoms with van der Waals surface area (Å²) in [6.45, 7) is 6.78. The molecule has 2 aromatic carbocycles. The lowest BCUT2D eigenvalue weighted by Gasteiger charge is -2.40. The van der Waals surface area contributed by atoms with Crippen LogP contribution < -0.4 is 15.5 Å². The molecule has 206 valence electrons. The summed E-state index contributed by atoms with van der Waals surface area (Å²) >= 11 is 0. The highest BCUT2D eigenvalue weighted by Gasteiger charge is 2.34. The van der Waals surface area contributed by atoms with Crippen LogP contribution >= 0.6 is 0 Å². The molecule has 39 heavy (non-hydrogen) atoms. The maximum Gasteiger partial charge on any atom is 0.319 e. The molecule has 0 bridgehead atoms. The van der Waals surface area contributed by atoms with E-state index in [4.69, 9.17) is 9.47 Å². The van der Waals surface area contributed by atoms with Gasteiger partial charge < -0.3 is 30.1 Å². The summed E-state index contributed by atoms with van der Waals surface area (Å²) in [5.41, 5.74) is 3.53. The third-order valence-electron chi connectivity index (χ3n) is 7.06. The van der Waals surface area contributed by atoms with Crippen LogP contribution in [0.15, 0.2) is 67.0 Å². The maximum atomic E-state index is 11.9. The van der Waals surface area contributed by atoms with E-state index in [0.717, 1.165) is 61.8 Å². The van der Waals surface area contributed by atoms with Crippen molar-refractivity contribution in [3.63, 3.8) is 0 Å². The van der Waals surface area contributed by atoms with Gasteiger partial charge in [-0.25, -0.2) is 14.8 Å². The van der Waals surface area contributed by atoms with E-state index >= 15 is 0 Å². The van der Waals surface area contributed by atoms with Gasteiger partial charge in [0.1, 0.15) is 0 Å². The first-order chi connectivity index (χ1) is 19.1. The van der Waals surface area contributed by atoms with Crippen molar-refractivity contribution < 1.29 is 19.4 Å². The van der Waals surface area contributed by atoms with E-state index in [1.807, 2.05) is 61.5 Å². The molecule has 0 saturated carbocycles. The minimum Gasteiger partial charge on any atom is -0.392 e. The molecule has 3 atom stereocenters. The van der Waals surface area contributed by atoms with E-state index in [0.29, 0.717) is 12.2 Å². The van der Waals surface area contributed by atoms with Gasteiger partial charge in [-0.05, 0) is 36.2 Å². The van der Waals surface area contributed by atoms with Crippen LogP contribution in [0.5, 0.6) is 0 Å². The molecular weight excluding hydrogens is 496 g/mol. The van der Waals surface area contributed by atoms with Gasteiger partial charge in [0, 0.05) is 69.3 Å². The first-order valence-corrected chi connectivity index (χ1v) is 13.5. The first kappa shape index (κ1) is 27.0. The predicted molar refractivity (Wildman–Crippen MR) is 148 cm³/mol. The second-order valence-corrected chi connectivity index (χ2v) is 9.79. The zero-order valence-electron chi connectivity index (χ0n) is 22.2. The van der Waals surface area contributed by atoms with Crippen molar-refractivity contribution in [2.45, 2.75) is 38.4 Å². The monoisotopic (exact) mass is 532 g/mol. The summed E-state index contributed by atoms with van der Waals surface area (Å²) < 4.78 is 13.0. The fourth-order valence-electron chi connectivity index (χ4n) is 4.97. The van der Waals surface area contributed by atoms with Crippen LogP contribution in [0.4, 0.5) is 16.4 Å². The lowest BCUT2D eigenvalue weighted by Crippen LogP contribution is -2.50. The standard InChI is InChI=1S/C29H36N6O4/c1-2-30-29(37)33-24-10-8-23(9-11-24)27-38-25(18-26(39-27)22-6-4-21(20-36)5-7-22)19-34-14-16-35(17-15-34)28-31-12-3-13-32-28/h3-13,25-27,36H,2,14-20H2,1H3,(H2,30,33,37). The normalized spacial score (nSPS) is 21.9. The Bertz CT molecular complexity index is 1190.